The van der Waals surface area contributed by atoms with Crippen LogP contribution in [0.3, 0.4) is 0 Å². The number of hydrogen-bond donors (Lipinski definition) is 1. The molecule has 1 aromatic carbocycles. The first-order valence-corrected chi connectivity index (χ1v) is 7.57. The second-order valence-electron chi connectivity index (χ2n) is 4.54. The van der Waals surface area contributed by atoms with Crippen LogP contribution in [0.4, 0.5) is 0 Å². The van der Waals surface area contributed by atoms with Gasteiger partial charge in [-0.05, 0) is 12.1 Å². The Morgan fingerprint density at radius 1 is 1.16 bits per heavy atom. The molecule has 4 nitrogen and oxygen atoms in total. The van der Waals surface area contributed by atoms with Crippen molar-refractivity contribution in [1.82, 2.24) is 9.80 Å². The first kappa shape index (κ1) is 14.4. The summed E-state index contributed by atoms with van der Waals surface area (Å²) in [6.45, 7) is 3.94. The van der Waals surface area contributed by atoms with Crippen LogP contribution in [0.1, 0.15) is 0 Å². The van der Waals surface area contributed by atoms with Gasteiger partial charge in [0.2, 0.25) is 5.91 Å². The van der Waals surface area contributed by atoms with Gasteiger partial charge in [0.15, 0.2) is 0 Å². The van der Waals surface area contributed by atoms with Gasteiger partial charge in [0, 0.05) is 43.4 Å². The Morgan fingerprint density at radius 2 is 1.84 bits per heavy atom. The number of carbonyl (C=O) groups excluding carboxylic acids is 1. The number of nitrogens with zero attached hydrogens (tertiary/aromatic N) is 2. The minimum absolute atomic E-state index is 0.154. The van der Waals surface area contributed by atoms with Gasteiger partial charge in [0.05, 0.1) is 0 Å². The van der Waals surface area contributed by atoms with Crippen LogP contribution in [0.25, 0.3) is 0 Å². The first-order valence-electron chi connectivity index (χ1n) is 6.58. The Morgan fingerprint density at radius 3 is 2.47 bits per heavy atom. The van der Waals surface area contributed by atoms with E-state index in [0.717, 1.165) is 38.5 Å². The monoisotopic (exact) mass is 280 g/mol. The van der Waals surface area contributed by atoms with Crippen LogP contribution < -0.4 is 0 Å². The summed E-state index contributed by atoms with van der Waals surface area (Å²) < 4.78 is 0. The van der Waals surface area contributed by atoms with Gasteiger partial charge in [-0.25, -0.2) is 0 Å². The van der Waals surface area contributed by atoms with E-state index in [1.807, 2.05) is 17.8 Å². The third-order valence-corrected chi connectivity index (χ3v) is 4.27. The molecule has 0 spiro atoms. The van der Waals surface area contributed by atoms with Gasteiger partial charge in [0.25, 0.3) is 0 Å². The molecule has 5 heteroatoms. The van der Waals surface area contributed by atoms with E-state index in [1.165, 1.54) is 4.90 Å². The molecule has 104 valence electrons. The summed E-state index contributed by atoms with van der Waals surface area (Å²) in [6.07, 6.45) is 0. The third-order valence-electron chi connectivity index (χ3n) is 3.28. The molecule has 0 atom stereocenters. The van der Waals surface area contributed by atoms with Gasteiger partial charge < -0.3 is 10.0 Å². The zero-order valence-electron chi connectivity index (χ0n) is 11.0. The number of aliphatic hydroxyl groups is 1. The molecule has 1 fully saturated rings. The smallest absolute Gasteiger partial charge is 0.248 e. The van der Waals surface area contributed by atoms with Crippen LogP contribution in [0.2, 0.25) is 0 Å². The first-order chi connectivity index (χ1) is 9.29. The topological polar surface area (TPSA) is 43.8 Å². The van der Waals surface area contributed by atoms with Crippen LogP contribution in [-0.2, 0) is 4.79 Å². The predicted molar refractivity (Wildman–Crippen MR) is 77.3 cm³/mol. The molecule has 1 heterocycles. The third kappa shape index (κ3) is 4.53. The molecule has 0 aromatic heterocycles. The molecule has 0 saturated carbocycles. The number of aliphatic hydroxyl groups excluding tert-OH is 1. The lowest BCUT2D eigenvalue weighted by atomic mass is 10.3. The van der Waals surface area contributed by atoms with Crippen molar-refractivity contribution in [2.45, 2.75) is 4.90 Å². The molecule has 2 rings (SSSR count). The highest BCUT2D eigenvalue weighted by atomic mass is 32.2. The van der Waals surface area contributed by atoms with Gasteiger partial charge in [-0.2, -0.15) is 0 Å². The van der Waals surface area contributed by atoms with Crippen molar-refractivity contribution in [2.75, 3.05) is 45.1 Å². The van der Waals surface area contributed by atoms with Crippen LogP contribution in [-0.4, -0.2) is 65.9 Å². The molecule has 1 N–H and O–H groups in total. The van der Waals surface area contributed by atoms with E-state index < -0.39 is 0 Å². The summed E-state index contributed by atoms with van der Waals surface area (Å²) in [5.41, 5.74) is 0. The van der Waals surface area contributed by atoms with E-state index in [9.17, 15) is 4.79 Å². The Labute approximate surface area is 118 Å². The fraction of sp³-hybridized carbons (Fsp3) is 0.500. The second kappa shape index (κ2) is 7.53. The minimum atomic E-state index is -0.371. The molecular formula is C14H20N2O2S. The van der Waals surface area contributed by atoms with Crippen LogP contribution in [0, 0.1) is 0 Å². The summed E-state index contributed by atoms with van der Waals surface area (Å²) in [5, 5.41) is 8.81. The highest BCUT2D eigenvalue weighted by molar-refractivity contribution is 7.99. The summed E-state index contributed by atoms with van der Waals surface area (Å²) >= 11 is 1.86. The molecule has 0 unspecified atom stereocenters. The molecule has 1 amide bonds. The number of benzene rings is 1. The average molecular weight is 280 g/mol. The maximum absolute atomic E-state index is 11.3. The Balaban J connectivity index is 1.65. The van der Waals surface area contributed by atoms with E-state index in [-0.39, 0.29) is 12.5 Å². The maximum atomic E-state index is 11.3. The fourth-order valence-electron chi connectivity index (χ4n) is 2.13. The maximum Gasteiger partial charge on any atom is 0.248 e. The normalized spacial score (nSPS) is 16.6. The largest absolute Gasteiger partial charge is 0.387 e. The molecule has 1 aliphatic rings. The molecule has 1 saturated heterocycles. The lowest BCUT2D eigenvalue weighted by molar-refractivity contribution is -0.135. The SMILES string of the molecule is O=C(CO)N1CCN(CCSc2ccccc2)CC1. The van der Waals surface area contributed by atoms with Crippen molar-refractivity contribution in [3.8, 4) is 0 Å². The summed E-state index contributed by atoms with van der Waals surface area (Å²) in [7, 11) is 0. The summed E-state index contributed by atoms with van der Waals surface area (Å²) in [4.78, 5) is 16.7. The van der Waals surface area contributed by atoms with Gasteiger partial charge in [-0.3, -0.25) is 9.69 Å². The summed E-state index contributed by atoms with van der Waals surface area (Å²) in [6, 6.07) is 10.4. The van der Waals surface area contributed by atoms with E-state index in [2.05, 4.69) is 29.2 Å². The zero-order chi connectivity index (χ0) is 13.5. The molecule has 0 radical (unpaired) electrons. The second-order valence-corrected chi connectivity index (χ2v) is 5.71. The Bertz CT molecular complexity index is 392. The van der Waals surface area contributed by atoms with E-state index in [0.29, 0.717) is 0 Å². The number of amides is 1. The molecule has 1 aliphatic heterocycles. The number of thioether (sulfide) groups is 1. The lowest BCUT2D eigenvalue weighted by Gasteiger charge is -2.34. The standard InChI is InChI=1S/C14H20N2O2S/c17-12-14(18)16-8-6-15(7-9-16)10-11-19-13-4-2-1-3-5-13/h1-5,17H,6-12H2. The minimum Gasteiger partial charge on any atom is -0.387 e. The molecule has 19 heavy (non-hydrogen) atoms. The van der Waals surface area contributed by atoms with Crippen molar-refractivity contribution in [1.29, 1.82) is 0 Å². The van der Waals surface area contributed by atoms with Crippen LogP contribution >= 0.6 is 11.8 Å². The molecule has 0 aliphatic carbocycles. The quantitative estimate of drug-likeness (QED) is 0.815. The lowest BCUT2D eigenvalue weighted by Crippen LogP contribution is -2.49. The highest BCUT2D eigenvalue weighted by Gasteiger charge is 2.19. The fourth-order valence-corrected chi connectivity index (χ4v) is 3.06. The van der Waals surface area contributed by atoms with Gasteiger partial charge in [-0.1, -0.05) is 18.2 Å². The zero-order valence-corrected chi connectivity index (χ0v) is 11.8. The Kier molecular flexibility index (Phi) is 5.69. The molecule has 1 aromatic rings. The molecular weight excluding hydrogens is 260 g/mol. The van der Waals surface area contributed by atoms with Crippen molar-refractivity contribution >= 4 is 17.7 Å². The van der Waals surface area contributed by atoms with E-state index in [1.54, 1.807) is 4.90 Å². The molecule has 0 bridgehead atoms. The number of carbonyl (C=O) groups is 1. The number of hydrogen-bond acceptors (Lipinski definition) is 4. The number of rotatable bonds is 5. The van der Waals surface area contributed by atoms with Crippen molar-refractivity contribution in [2.24, 2.45) is 0 Å². The van der Waals surface area contributed by atoms with Gasteiger partial charge >= 0.3 is 0 Å². The summed E-state index contributed by atoms with van der Waals surface area (Å²) in [5.74, 6) is 0.913. The van der Waals surface area contributed by atoms with Crippen LogP contribution in [0.15, 0.2) is 35.2 Å². The van der Waals surface area contributed by atoms with Crippen LogP contribution in [0.5, 0.6) is 0 Å². The Hall–Kier alpha value is -1.04. The van der Waals surface area contributed by atoms with E-state index in [4.69, 9.17) is 5.11 Å². The predicted octanol–water partition coefficient (Wildman–Crippen LogP) is 0.915. The van der Waals surface area contributed by atoms with Crippen molar-refractivity contribution < 1.29 is 9.90 Å². The highest BCUT2D eigenvalue weighted by Crippen LogP contribution is 2.17. The van der Waals surface area contributed by atoms with Gasteiger partial charge in [-0.15, -0.1) is 11.8 Å². The average Bonchev–Trinajstić information content (AvgIpc) is 2.48. The van der Waals surface area contributed by atoms with Gasteiger partial charge in [0.1, 0.15) is 6.61 Å². The van der Waals surface area contributed by atoms with Crippen molar-refractivity contribution in [3.05, 3.63) is 30.3 Å². The van der Waals surface area contributed by atoms with Crippen molar-refractivity contribution in [3.63, 3.8) is 0 Å². The van der Waals surface area contributed by atoms with E-state index >= 15 is 0 Å². The number of piperazine rings is 1.